The van der Waals surface area contributed by atoms with Crippen molar-refractivity contribution < 1.29 is 4.74 Å². The minimum Gasteiger partial charge on any atom is -0.494 e. The monoisotopic (exact) mass is 491 g/mol. The summed E-state index contributed by atoms with van der Waals surface area (Å²) in [6.07, 6.45) is 13.4. The van der Waals surface area contributed by atoms with Crippen molar-refractivity contribution in [2.45, 2.75) is 71.1 Å². The Morgan fingerprint density at radius 3 is 1.49 bits per heavy atom. The zero-order valence-electron chi connectivity index (χ0n) is 22.4. The summed E-state index contributed by atoms with van der Waals surface area (Å²) >= 11 is 0. The lowest BCUT2D eigenvalue weighted by Crippen LogP contribution is -1.97. The second-order valence-corrected chi connectivity index (χ2v) is 9.91. The van der Waals surface area contributed by atoms with E-state index in [1.807, 2.05) is 12.1 Å². The van der Waals surface area contributed by atoms with E-state index in [-0.39, 0.29) is 0 Å². The fraction of sp³-hybridized carbons (Fsp3) is 0.343. The lowest BCUT2D eigenvalue weighted by Gasteiger charge is -2.11. The van der Waals surface area contributed by atoms with Gasteiger partial charge in [0, 0.05) is 11.1 Å². The van der Waals surface area contributed by atoms with Crippen LogP contribution >= 0.6 is 0 Å². The molecule has 0 N–H and O–H groups in total. The van der Waals surface area contributed by atoms with Crippen molar-refractivity contribution in [2.75, 3.05) is 6.61 Å². The van der Waals surface area contributed by atoms with E-state index in [0.29, 0.717) is 0 Å². The Morgan fingerprint density at radius 1 is 0.486 bits per heavy atom. The molecule has 1 aromatic heterocycles. The van der Waals surface area contributed by atoms with Crippen LogP contribution in [0.2, 0.25) is 0 Å². The van der Waals surface area contributed by atoms with Crippen LogP contribution in [0.25, 0.3) is 33.6 Å². The molecule has 0 saturated heterocycles. The van der Waals surface area contributed by atoms with Gasteiger partial charge in [0.1, 0.15) is 5.75 Å². The van der Waals surface area contributed by atoms with Crippen molar-refractivity contribution in [3.05, 3.63) is 97.1 Å². The third-order valence-electron chi connectivity index (χ3n) is 6.92. The Labute approximate surface area is 223 Å². The molecule has 0 radical (unpaired) electrons. The van der Waals surface area contributed by atoms with Crippen LogP contribution in [0.3, 0.4) is 0 Å². The number of ether oxygens (including phenoxy) is 1. The van der Waals surface area contributed by atoms with E-state index < -0.39 is 0 Å². The van der Waals surface area contributed by atoms with E-state index in [4.69, 9.17) is 9.72 Å². The van der Waals surface area contributed by atoms with Gasteiger partial charge in [-0.15, -0.1) is 0 Å². The maximum Gasteiger partial charge on any atom is 0.119 e. The van der Waals surface area contributed by atoms with Crippen molar-refractivity contribution in [3.8, 4) is 39.4 Å². The molecule has 0 aliphatic rings. The SMILES string of the molecule is CCCCCCCCCCCCOc1ccc(-c2cc(-c3ccccc3)nc(-c3ccccc3)c2)cc1. The van der Waals surface area contributed by atoms with Gasteiger partial charge in [0.2, 0.25) is 0 Å². The molecule has 0 fully saturated rings. The number of hydrogen-bond donors (Lipinski definition) is 0. The number of unbranched alkanes of at least 4 members (excludes halogenated alkanes) is 9. The van der Waals surface area contributed by atoms with Crippen molar-refractivity contribution in [2.24, 2.45) is 0 Å². The number of pyridine rings is 1. The zero-order chi connectivity index (χ0) is 25.5. The fourth-order valence-electron chi connectivity index (χ4n) is 4.73. The van der Waals surface area contributed by atoms with E-state index in [2.05, 4.69) is 91.9 Å². The number of hydrogen-bond acceptors (Lipinski definition) is 2. The zero-order valence-corrected chi connectivity index (χ0v) is 22.4. The molecule has 3 aromatic carbocycles. The van der Waals surface area contributed by atoms with Gasteiger partial charge in [-0.05, 0) is 41.8 Å². The van der Waals surface area contributed by atoms with Gasteiger partial charge in [0.25, 0.3) is 0 Å². The highest BCUT2D eigenvalue weighted by molar-refractivity contribution is 5.76. The largest absolute Gasteiger partial charge is 0.494 e. The number of rotatable bonds is 15. The second kappa shape index (κ2) is 15.0. The molecule has 37 heavy (non-hydrogen) atoms. The Bertz CT molecular complexity index is 1110. The van der Waals surface area contributed by atoms with Crippen LogP contribution in [-0.4, -0.2) is 11.6 Å². The van der Waals surface area contributed by atoms with Crippen molar-refractivity contribution in [1.29, 1.82) is 0 Å². The molecule has 2 nitrogen and oxygen atoms in total. The van der Waals surface area contributed by atoms with E-state index in [9.17, 15) is 0 Å². The van der Waals surface area contributed by atoms with Gasteiger partial charge in [0.05, 0.1) is 18.0 Å². The summed E-state index contributed by atoms with van der Waals surface area (Å²) in [6.45, 7) is 3.07. The average molecular weight is 492 g/mol. The van der Waals surface area contributed by atoms with Gasteiger partial charge >= 0.3 is 0 Å². The van der Waals surface area contributed by atoms with Crippen molar-refractivity contribution >= 4 is 0 Å². The van der Waals surface area contributed by atoms with Crippen LogP contribution in [0, 0.1) is 0 Å². The van der Waals surface area contributed by atoms with Crippen molar-refractivity contribution in [1.82, 2.24) is 4.98 Å². The molecule has 192 valence electrons. The van der Waals surface area contributed by atoms with Crippen LogP contribution in [0.4, 0.5) is 0 Å². The lowest BCUT2D eigenvalue weighted by molar-refractivity contribution is 0.304. The van der Waals surface area contributed by atoms with Crippen LogP contribution in [0.15, 0.2) is 97.1 Å². The molecule has 0 atom stereocenters. The molecule has 0 unspecified atom stereocenters. The van der Waals surface area contributed by atoms with Crippen LogP contribution in [0.1, 0.15) is 71.1 Å². The summed E-state index contributed by atoms with van der Waals surface area (Å²) in [5.41, 5.74) is 6.55. The molecule has 1 heterocycles. The Hall–Kier alpha value is -3.39. The average Bonchev–Trinajstić information content (AvgIpc) is 2.97. The minimum atomic E-state index is 0.793. The molecular formula is C35H41NO. The molecule has 0 bridgehead atoms. The van der Waals surface area contributed by atoms with Gasteiger partial charge < -0.3 is 4.74 Å². The van der Waals surface area contributed by atoms with Gasteiger partial charge in [-0.2, -0.15) is 0 Å². The van der Waals surface area contributed by atoms with Gasteiger partial charge in [0.15, 0.2) is 0 Å². The highest BCUT2D eigenvalue weighted by atomic mass is 16.5. The smallest absolute Gasteiger partial charge is 0.119 e. The third-order valence-corrected chi connectivity index (χ3v) is 6.92. The highest BCUT2D eigenvalue weighted by Crippen LogP contribution is 2.31. The number of aromatic nitrogens is 1. The van der Waals surface area contributed by atoms with Crippen molar-refractivity contribution in [3.63, 3.8) is 0 Å². The Balaban J connectivity index is 1.32. The standard InChI is InChI=1S/C35H41NO/c1-2-3-4-5-6-7-8-9-10-17-26-37-33-24-22-29(23-25-33)32-27-34(30-18-13-11-14-19-30)36-35(28-32)31-20-15-12-16-21-31/h11-16,18-25,27-28H,2-10,17,26H2,1H3. The topological polar surface area (TPSA) is 22.1 Å². The normalized spacial score (nSPS) is 10.9. The minimum absolute atomic E-state index is 0.793. The van der Waals surface area contributed by atoms with E-state index in [1.54, 1.807) is 0 Å². The molecule has 0 aliphatic carbocycles. The van der Waals surface area contributed by atoms with Gasteiger partial charge in [-0.3, -0.25) is 0 Å². The Kier molecular flexibility index (Phi) is 10.8. The maximum atomic E-state index is 6.04. The molecule has 0 aliphatic heterocycles. The van der Waals surface area contributed by atoms with Gasteiger partial charge in [-0.1, -0.05) is 138 Å². The third kappa shape index (κ3) is 8.60. The van der Waals surface area contributed by atoms with Crippen LogP contribution < -0.4 is 4.74 Å². The van der Waals surface area contributed by atoms with Crippen LogP contribution in [0.5, 0.6) is 5.75 Å². The van der Waals surface area contributed by atoms with E-state index in [0.717, 1.165) is 46.9 Å². The number of benzene rings is 3. The summed E-state index contributed by atoms with van der Waals surface area (Å²) in [7, 11) is 0. The first-order chi connectivity index (χ1) is 18.3. The first-order valence-electron chi connectivity index (χ1n) is 14.2. The summed E-state index contributed by atoms with van der Waals surface area (Å²) in [4.78, 5) is 4.99. The summed E-state index contributed by atoms with van der Waals surface area (Å²) in [5, 5.41) is 0. The molecule has 0 amide bonds. The van der Waals surface area contributed by atoms with Gasteiger partial charge in [-0.25, -0.2) is 4.98 Å². The highest BCUT2D eigenvalue weighted by Gasteiger charge is 2.09. The first kappa shape index (κ1) is 26.7. The summed E-state index contributed by atoms with van der Waals surface area (Å²) < 4.78 is 6.04. The molecule has 0 spiro atoms. The molecule has 0 saturated carbocycles. The number of nitrogens with zero attached hydrogens (tertiary/aromatic N) is 1. The quantitative estimate of drug-likeness (QED) is 0.154. The maximum absolute atomic E-state index is 6.04. The lowest BCUT2D eigenvalue weighted by atomic mass is 10.00. The summed E-state index contributed by atoms with van der Waals surface area (Å²) in [6, 6.07) is 33.7. The van der Waals surface area contributed by atoms with E-state index >= 15 is 0 Å². The second-order valence-electron chi connectivity index (χ2n) is 9.91. The van der Waals surface area contributed by atoms with E-state index in [1.165, 1.54) is 63.4 Å². The molecule has 2 heteroatoms. The predicted molar refractivity (Wildman–Crippen MR) is 158 cm³/mol. The fourth-order valence-corrected chi connectivity index (χ4v) is 4.73. The first-order valence-corrected chi connectivity index (χ1v) is 14.2. The molecule has 4 aromatic rings. The Morgan fingerprint density at radius 2 is 0.973 bits per heavy atom. The summed E-state index contributed by atoms with van der Waals surface area (Å²) in [5.74, 6) is 0.945. The molecule has 4 rings (SSSR count). The molecular weight excluding hydrogens is 450 g/mol. The van der Waals surface area contributed by atoms with Crippen LogP contribution in [-0.2, 0) is 0 Å². The predicted octanol–water partition coefficient (Wildman–Crippen LogP) is 10.4.